The van der Waals surface area contributed by atoms with Gasteiger partial charge in [-0.15, -0.1) is 0 Å². The van der Waals surface area contributed by atoms with Crippen LogP contribution >= 0.6 is 0 Å². The van der Waals surface area contributed by atoms with Gasteiger partial charge in [0.25, 0.3) is 0 Å². The zero-order chi connectivity index (χ0) is 19.1. The molecule has 2 heterocycles. The molecule has 1 saturated heterocycles. The molecule has 2 fully saturated rings. The lowest BCUT2D eigenvalue weighted by molar-refractivity contribution is -0.127. The third-order valence-corrected chi connectivity index (χ3v) is 5.21. The van der Waals surface area contributed by atoms with Gasteiger partial charge in [0.15, 0.2) is 17.6 Å². The Bertz CT molecular complexity index is 663. The van der Waals surface area contributed by atoms with Gasteiger partial charge in [-0.05, 0) is 37.8 Å². The molecular formula is C19H29FN6O. The molecule has 3 rings (SSSR count). The highest BCUT2D eigenvalue weighted by atomic mass is 19.1. The number of anilines is 1. The summed E-state index contributed by atoms with van der Waals surface area (Å²) in [4.78, 5) is 22.1. The van der Waals surface area contributed by atoms with Gasteiger partial charge in [0.1, 0.15) is 0 Å². The summed E-state index contributed by atoms with van der Waals surface area (Å²) < 4.78 is 13.9. The average Bonchev–Trinajstić information content (AvgIpc) is 3.07. The Kier molecular flexibility index (Phi) is 6.84. The SMILES string of the molecule is CN=C(NCCCNC(=O)C1CCC1)NC1CCN(c2ncccc2F)C1. The molecule has 1 aliphatic carbocycles. The van der Waals surface area contributed by atoms with Crippen molar-refractivity contribution < 1.29 is 9.18 Å². The van der Waals surface area contributed by atoms with Crippen LogP contribution in [0.25, 0.3) is 0 Å². The summed E-state index contributed by atoms with van der Waals surface area (Å²) in [6.07, 6.45) is 6.59. The predicted octanol–water partition coefficient (Wildman–Crippen LogP) is 1.27. The van der Waals surface area contributed by atoms with Gasteiger partial charge in [0, 0.05) is 51.4 Å². The molecule has 0 bridgehead atoms. The molecule has 1 saturated carbocycles. The van der Waals surface area contributed by atoms with Crippen LogP contribution < -0.4 is 20.9 Å². The van der Waals surface area contributed by atoms with Crippen LogP contribution in [0.1, 0.15) is 32.1 Å². The monoisotopic (exact) mass is 376 g/mol. The number of nitrogens with zero attached hydrogens (tertiary/aromatic N) is 3. The molecule has 7 nitrogen and oxygen atoms in total. The maximum atomic E-state index is 13.9. The minimum atomic E-state index is -0.287. The van der Waals surface area contributed by atoms with Gasteiger partial charge in [0.05, 0.1) is 0 Å². The number of nitrogens with one attached hydrogen (secondary N) is 3. The first-order chi connectivity index (χ1) is 13.2. The summed E-state index contributed by atoms with van der Waals surface area (Å²) >= 11 is 0. The third-order valence-electron chi connectivity index (χ3n) is 5.21. The number of carbonyl (C=O) groups excluding carboxylic acids is 1. The quantitative estimate of drug-likeness (QED) is 0.379. The van der Waals surface area contributed by atoms with Gasteiger partial charge in [-0.2, -0.15) is 0 Å². The zero-order valence-electron chi connectivity index (χ0n) is 15.9. The van der Waals surface area contributed by atoms with E-state index in [4.69, 9.17) is 0 Å². The molecule has 0 aromatic carbocycles. The number of aromatic nitrogens is 1. The van der Waals surface area contributed by atoms with Crippen molar-refractivity contribution in [2.45, 2.75) is 38.1 Å². The van der Waals surface area contributed by atoms with Gasteiger partial charge < -0.3 is 20.9 Å². The van der Waals surface area contributed by atoms with Crippen LogP contribution in [0.15, 0.2) is 23.3 Å². The first-order valence-electron chi connectivity index (χ1n) is 9.77. The smallest absolute Gasteiger partial charge is 0.223 e. The van der Waals surface area contributed by atoms with Crippen LogP contribution in [0.5, 0.6) is 0 Å². The summed E-state index contributed by atoms with van der Waals surface area (Å²) in [7, 11) is 1.73. The lowest BCUT2D eigenvalue weighted by atomic mass is 9.85. The average molecular weight is 376 g/mol. The van der Waals surface area contributed by atoms with Crippen LogP contribution in [0.2, 0.25) is 0 Å². The lowest BCUT2D eigenvalue weighted by Gasteiger charge is -2.24. The van der Waals surface area contributed by atoms with Crippen LogP contribution in [-0.4, -0.2) is 56.1 Å². The molecule has 1 aromatic rings. The number of guanidine groups is 1. The fraction of sp³-hybridized carbons (Fsp3) is 0.632. The minimum Gasteiger partial charge on any atom is -0.356 e. The van der Waals surface area contributed by atoms with E-state index in [2.05, 4.69) is 25.9 Å². The van der Waals surface area contributed by atoms with Crippen LogP contribution in [0.3, 0.4) is 0 Å². The van der Waals surface area contributed by atoms with Crippen molar-refractivity contribution in [2.24, 2.45) is 10.9 Å². The van der Waals surface area contributed by atoms with E-state index in [9.17, 15) is 9.18 Å². The van der Waals surface area contributed by atoms with Crippen LogP contribution in [0.4, 0.5) is 10.2 Å². The summed E-state index contributed by atoms with van der Waals surface area (Å²) in [5, 5.41) is 9.64. The highest BCUT2D eigenvalue weighted by Gasteiger charge is 2.26. The molecule has 1 aliphatic heterocycles. The molecule has 27 heavy (non-hydrogen) atoms. The topological polar surface area (TPSA) is 81.6 Å². The maximum absolute atomic E-state index is 13.9. The van der Waals surface area contributed by atoms with E-state index in [0.29, 0.717) is 18.9 Å². The number of hydrogen-bond donors (Lipinski definition) is 3. The van der Waals surface area contributed by atoms with Crippen molar-refractivity contribution in [3.05, 3.63) is 24.1 Å². The zero-order valence-corrected chi connectivity index (χ0v) is 15.9. The van der Waals surface area contributed by atoms with Crippen molar-refractivity contribution in [3.8, 4) is 0 Å². The molecule has 3 N–H and O–H groups in total. The van der Waals surface area contributed by atoms with Gasteiger partial charge in [0.2, 0.25) is 5.91 Å². The molecule has 1 unspecified atom stereocenters. The Morgan fingerprint density at radius 3 is 2.85 bits per heavy atom. The van der Waals surface area contributed by atoms with E-state index in [-0.39, 0.29) is 23.7 Å². The normalized spacial score (nSPS) is 20.3. The molecule has 8 heteroatoms. The van der Waals surface area contributed by atoms with Crippen LogP contribution in [-0.2, 0) is 4.79 Å². The molecule has 1 atom stereocenters. The van der Waals surface area contributed by atoms with E-state index in [1.165, 1.54) is 12.5 Å². The summed E-state index contributed by atoms with van der Waals surface area (Å²) in [5.41, 5.74) is 0. The Morgan fingerprint density at radius 1 is 1.33 bits per heavy atom. The lowest BCUT2D eigenvalue weighted by Crippen LogP contribution is -2.45. The van der Waals surface area contributed by atoms with Gasteiger partial charge in [-0.25, -0.2) is 9.37 Å². The number of hydrogen-bond acceptors (Lipinski definition) is 4. The number of rotatable bonds is 7. The van der Waals surface area contributed by atoms with E-state index >= 15 is 0 Å². The number of pyridine rings is 1. The first-order valence-corrected chi connectivity index (χ1v) is 9.77. The second kappa shape index (κ2) is 9.53. The molecule has 2 aliphatic rings. The van der Waals surface area contributed by atoms with Crippen molar-refractivity contribution in [2.75, 3.05) is 38.1 Å². The third kappa shape index (κ3) is 5.30. The van der Waals surface area contributed by atoms with Crippen molar-refractivity contribution >= 4 is 17.7 Å². The Balaban J connectivity index is 1.34. The summed E-state index contributed by atoms with van der Waals surface area (Å²) in [6.45, 7) is 2.85. The predicted molar refractivity (Wildman–Crippen MR) is 104 cm³/mol. The Labute approximate surface area is 159 Å². The van der Waals surface area contributed by atoms with Crippen molar-refractivity contribution in [1.29, 1.82) is 0 Å². The number of carbonyl (C=O) groups is 1. The van der Waals surface area contributed by atoms with Gasteiger partial charge in [-0.3, -0.25) is 9.79 Å². The molecular weight excluding hydrogens is 347 g/mol. The van der Waals surface area contributed by atoms with Gasteiger partial charge >= 0.3 is 0 Å². The number of halogens is 1. The number of aliphatic imine (C=N–C) groups is 1. The fourth-order valence-corrected chi connectivity index (χ4v) is 3.39. The van der Waals surface area contributed by atoms with E-state index < -0.39 is 0 Å². The highest BCUT2D eigenvalue weighted by Crippen LogP contribution is 2.26. The number of amides is 1. The summed E-state index contributed by atoms with van der Waals surface area (Å²) in [5.74, 6) is 1.28. The molecule has 1 amide bonds. The molecule has 0 radical (unpaired) electrons. The van der Waals surface area contributed by atoms with Gasteiger partial charge in [-0.1, -0.05) is 6.42 Å². The van der Waals surface area contributed by atoms with E-state index in [1.807, 2.05) is 4.90 Å². The summed E-state index contributed by atoms with van der Waals surface area (Å²) in [6, 6.07) is 3.23. The van der Waals surface area contributed by atoms with E-state index in [0.717, 1.165) is 44.7 Å². The minimum absolute atomic E-state index is 0.191. The Hall–Kier alpha value is -2.38. The standard InChI is InChI=1S/C19H29FN6O/c1-21-19(24-11-4-10-23-18(27)14-5-2-6-14)25-15-8-12-26(13-15)17-16(20)7-3-9-22-17/h3,7,9,14-15H,2,4-6,8,10-13H2,1H3,(H,23,27)(H2,21,24,25). The Morgan fingerprint density at radius 2 is 2.15 bits per heavy atom. The molecule has 148 valence electrons. The maximum Gasteiger partial charge on any atom is 0.223 e. The molecule has 1 aromatic heterocycles. The molecule has 0 spiro atoms. The highest BCUT2D eigenvalue weighted by molar-refractivity contribution is 5.80. The van der Waals surface area contributed by atoms with Crippen LogP contribution in [0, 0.1) is 11.7 Å². The largest absolute Gasteiger partial charge is 0.356 e. The first kappa shape index (κ1) is 19.4. The van der Waals surface area contributed by atoms with Crippen molar-refractivity contribution in [3.63, 3.8) is 0 Å². The second-order valence-corrected chi connectivity index (χ2v) is 7.16. The fourth-order valence-electron chi connectivity index (χ4n) is 3.39. The second-order valence-electron chi connectivity index (χ2n) is 7.16. The van der Waals surface area contributed by atoms with E-state index in [1.54, 1.807) is 19.3 Å². The van der Waals surface area contributed by atoms with Crippen molar-refractivity contribution in [1.82, 2.24) is 20.9 Å².